The van der Waals surface area contributed by atoms with Crippen LogP contribution in [0.1, 0.15) is 23.7 Å². The number of aromatic nitrogens is 1. The van der Waals surface area contributed by atoms with Crippen LogP contribution in [0.3, 0.4) is 0 Å². The molecule has 1 atom stereocenters. The molecule has 2 aliphatic heterocycles. The van der Waals surface area contributed by atoms with E-state index in [1.165, 1.54) is 6.26 Å². The predicted molar refractivity (Wildman–Crippen MR) is 88.9 cm³/mol. The molecule has 0 bridgehead atoms. The molecule has 2 aliphatic rings. The van der Waals surface area contributed by atoms with E-state index in [0.717, 1.165) is 12.0 Å². The Labute approximate surface area is 145 Å². The lowest BCUT2D eigenvalue weighted by atomic mass is 9.92. The zero-order valence-corrected chi connectivity index (χ0v) is 14.0. The fourth-order valence-corrected chi connectivity index (χ4v) is 3.60. The summed E-state index contributed by atoms with van der Waals surface area (Å²) in [6.45, 7) is 3.73. The van der Waals surface area contributed by atoms with Gasteiger partial charge in [-0.1, -0.05) is 42.4 Å². The lowest BCUT2D eigenvalue weighted by Gasteiger charge is -2.44. The van der Waals surface area contributed by atoms with Crippen molar-refractivity contribution in [3.05, 3.63) is 42.2 Å². The van der Waals surface area contributed by atoms with Crippen LogP contribution in [0.15, 0.2) is 41.1 Å². The van der Waals surface area contributed by atoms with Crippen molar-refractivity contribution < 1.29 is 18.8 Å². The van der Waals surface area contributed by atoms with E-state index in [1.807, 2.05) is 37.3 Å². The van der Waals surface area contributed by atoms with Crippen molar-refractivity contribution in [2.75, 3.05) is 26.2 Å². The number of rotatable bonds is 3. The fourth-order valence-electron chi connectivity index (χ4n) is 3.60. The minimum Gasteiger partial charge on any atom is -0.447 e. The average molecular weight is 341 g/mol. The Morgan fingerprint density at radius 2 is 2.08 bits per heavy atom. The van der Waals surface area contributed by atoms with Gasteiger partial charge in [0.1, 0.15) is 24.1 Å². The van der Waals surface area contributed by atoms with Gasteiger partial charge in [0.05, 0.1) is 5.54 Å². The second-order valence-electron chi connectivity index (χ2n) is 6.45. The summed E-state index contributed by atoms with van der Waals surface area (Å²) >= 11 is 0. The molecule has 4 rings (SSSR count). The van der Waals surface area contributed by atoms with Crippen molar-refractivity contribution >= 4 is 12.0 Å². The van der Waals surface area contributed by atoms with Gasteiger partial charge in [0.15, 0.2) is 0 Å². The number of nitrogens with zero attached hydrogens (tertiary/aromatic N) is 3. The molecule has 1 aromatic heterocycles. The molecule has 2 saturated heterocycles. The Morgan fingerprint density at radius 3 is 2.84 bits per heavy atom. The van der Waals surface area contributed by atoms with Crippen LogP contribution < -0.4 is 0 Å². The average Bonchev–Trinajstić information content (AvgIpc) is 3.27. The van der Waals surface area contributed by atoms with Gasteiger partial charge in [-0.05, 0) is 6.42 Å². The first-order chi connectivity index (χ1) is 12.1. The quantitative estimate of drug-likeness (QED) is 0.857. The third-order valence-electron chi connectivity index (χ3n) is 5.13. The summed E-state index contributed by atoms with van der Waals surface area (Å²) in [4.78, 5) is 28.5. The van der Waals surface area contributed by atoms with Crippen molar-refractivity contribution in [2.45, 2.75) is 18.9 Å². The molecule has 0 N–H and O–H groups in total. The van der Waals surface area contributed by atoms with Crippen molar-refractivity contribution in [1.82, 2.24) is 15.0 Å². The van der Waals surface area contributed by atoms with Crippen LogP contribution in [0.4, 0.5) is 4.79 Å². The van der Waals surface area contributed by atoms with E-state index >= 15 is 0 Å². The number of benzene rings is 1. The van der Waals surface area contributed by atoms with Gasteiger partial charge in [-0.3, -0.25) is 9.69 Å². The minimum atomic E-state index is -0.435. The van der Waals surface area contributed by atoms with Gasteiger partial charge in [-0.25, -0.2) is 4.79 Å². The van der Waals surface area contributed by atoms with Crippen LogP contribution in [-0.2, 0) is 4.74 Å². The van der Waals surface area contributed by atoms with E-state index in [2.05, 4.69) is 5.16 Å². The first-order valence-electron chi connectivity index (χ1n) is 8.38. The van der Waals surface area contributed by atoms with Gasteiger partial charge in [-0.15, -0.1) is 0 Å². The van der Waals surface area contributed by atoms with E-state index in [-0.39, 0.29) is 12.0 Å². The molecule has 2 aromatic rings. The highest BCUT2D eigenvalue weighted by Crippen LogP contribution is 2.33. The van der Waals surface area contributed by atoms with Crippen molar-refractivity contribution in [3.63, 3.8) is 0 Å². The summed E-state index contributed by atoms with van der Waals surface area (Å²) in [5.74, 6) is -0.132. The molecule has 0 saturated carbocycles. The van der Waals surface area contributed by atoms with E-state index in [9.17, 15) is 9.59 Å². The Hall–Kier alpha value is -2.83. The molecule has 2 fully saturated rings. The first kappa shape index (κ1) is 15.7. The van der Waals surface area contributed by atoms with Crippen LogP contribution in [0, 0.1) is 0 Å². The number of piperazine rings is 1. The summed E-state index contributed by atoms with van der Waals surface area (Å²) in [7, 11) is 0. The maximum Gasteiger partial charge on any atom is 0.410 e. The van der Waals surface area contributed by atoms with Gasteiger partial charge >= 0.3 is 6.09 Å². The number of cyclic esters (lactones) is 1. The molecule has 130 valence electrons. The van der Waals surface area contributed by atoms with Gasteiger partial charge in [0, 0.05) is 25.2 Å². The van der Waals surface area contributed by atoms with E-state index in [1.54, 1.807) is 9.80 Å². The number of carbonyl (C=O) groups is 2. The summed E-state index contributed by atoms with van der Waals surface area (Å²) < 4.78 is 10.3. The molecule has 0 aliphatic carbocycles. The Kier molecular flexibility index (Phi) is 3.71. The predicted octanol–water partition coefficient (Wildman–Crippen LogP) is 2.40. The largest absolute Gasteiger partial charge is 0.447 e. The molecule has 0 spiro atoms. The van der Waals surface area contributed by atoms with E-state index in [0.29, 0.717) is 37.5 Å². The number of hydrogen-bond acceptors (Lipinski definition) is 5. The minimum absolute atomic E-state index is 0.132. The van der Waals surface area contributed by atoms with Crippen molar-refractivity contribution in [2.24, 2.45) is 0 Å². The van der Waals surface area contributed by atoms with Crippen molar-refractivity contribution in [1.29, 1.82) is 0 Å². The summed E-state index contributed by atoms with van der Waals surface area (Å²) in [5, 5.41) is 4.01. The van der Waals surface area contributed by atoms with Crippen molar-refractivity contribution in [3.8, 4) is 11.3 Å². The highest BCUT2D eigenvalue weighted by atomic mass is 16.6. The Balaban J connectivity index is 1.61. The molecule has 0 radical (unpaired) electrons. The molecule has 2 amide bonds. The maximum atomic E-state index is 13.1. The highest BCUT2D eigenvalue weighted by Gasteiger charge is 2.50. The second kappa shape index (κ2) is 5.91. The topological polar surface area (TPSA) is 75.9 Å². The van der Waals surface area contributed by atoms with Gasteiger partial charge in [0.2, 0.25) is 0 Å². The zero-order chi connectivity index (χ0) is 17.4. The van der Waals surface area contributed by atoms with E-state index in [4.69, 9.17) is 9.26 Å². The summed E-state index contributed by atoms with van der Waals surface area (Å²) in [6, 6.07) is 9.48. The molecule has 7 nitrogen and oxygen atoms in total. The maximum absolute atomic E-state index is 13.1. The van der Waals surface area contributed by atoms with Crippen LogP contribution in [0.5, 0.6) is 0 Å². The second-order valence-corrected chi connectivity index (χ2v) is 6.45. The lowest BCUT2D eigenvalue weighted by Crippen LogP contribution is -2.62. The first-order valence-corrected chi connectivity index (χ1v) is 8.38. The molecule has 7 heteroatoms. The normalized spacial score (nSPS) is 22.7. The zero-order valence-electron chi connectivity index (χ0n) is 14.0. The van der Waals surface area contributed by atoms with Crippen LogP contribution >= 0.6 is 0 Å². The molecular formula is C18H19N3O4. The number of hydrogen-bond donors (Lipinski definition) is 0. The van der Waals surface area contributed by atoms with Crippen LogP contribution in [0.25, 0.3) is 11.3 Å². The standard InChI is InChI=1S/C18H19N3O4/c1-2-18-11-20(8-9-21(18)17(23)24-12-18)16(22)14-10-25-19-15(14)13-6-4-3-5-7-13/h3-7,10H,2,8-9,11-12H2,1H3. The third-order valence-corrected chi connectivity index (χ3v) is 5.13. The summed E-state index contributed by atoms with van der Waals surface area (Å²) in [5.41, 5.74) is 1.38. The number of ether oxygens (including phenoxy) is 1. The number of amides is 2. The molecular weight excluding hydrogens is 322 g/mol. The van der Waals surface area contributed by atoms with Gasteiger partial charge in [-0.2, -0.15) is 0 Å². The number of carbonyl (C=O) groups excluding carboxylic acids is 2. The van der Waals surface area contributed by atoms with Gasteiger partial charge < -0.3 is 14.2 Å². The Morgan fingerprint density at radius 1 is 1.28 bits per heavy atom. The molecule has 3 heterocycles. The van der Waals surface area contributed by atoms with Gasteiger partial charge in [0.25, 0.3) is 5.91 Å². The monoisotopic (exact) mass is 341 g/mol. The molecule has 1 unspecified atom stereocenters. The molecule has 25 heavy (non-hydrogen) atoms. The fraction of sp³-hybridized carbons (Fsp3) is 0.389. The lowest BCUT2D eigenvalue weighted by molar-refractivity contribution is 0.0361. The highest BCUT2D eigenvalue weighted by molar-refractivity contribution is 5.99. The third kappa shape index (κ3) is 2.47. The van der Waals surface area contributed by atoms with Crippen LogP contribution in [0.2, 0.25) is 0 Å². The SMILES string of the molecule is CCC12COC(=O)N1CCN(C(=O)c1conc1-c1ccccc1)C2. The smallest absolute Gasteiger partial charge is 0.410 e. The Bertz CT molecular complexity index is 804. The number of fused-ring (bicyclic) bond motifs is 1. The van der Waals surface area contributed by atoms with Crippen LogP contribution in [-0.4, -0.2) is 58.7 Å². The van der Waals surface area contributed by atoms with E-state index < -0.39 is 5.54 Å². The molecule has 1 aromatic carbocycles. The summed E-state index contributed by atoms with van der Waals surface area (Å²) in [6.07, 6.45) is 1.84.